The molecule has 0 aromatic carbocycles. The van der Waals surface area contributed by atoms with Crippen molar-refractivity contribution in [3.63, 3.8) is 0 Å². The van der Waals surface area contributed by atoms with Crippen molar-refractivity contribution >= 4 is 0 Å². The Morgan fingerprint density at radius 3 is 2.43 bits per heavy atom. The lowest BCUT2D eigenvalue weighted by molar-refractivity contribution is -0.175. The van der Waals surface area contributed by atoms with Crippen LogP contribution in [0.5, 0.6) is 0 Å². The van der Waals surface area contributed by atoms with Crippen LogP contribution in [0.1, 0.15) is 64.7 Å². The highest BCUT2D eigenvalue weighted by molar-refractivity contribution is 4.87. The first-order chi connectivity index (χ1) is 11.4. The SMILES string of the molecule is CCOC1CCCCC1O[C@H](C1CCCCC1)[C@H]1CNCCO1. The second-order valence-corrected chi connectivity index (χ2v) is 7.43. The molecule has 0 aromatic heterocycles. The van der Waals surface area contributed by atoms with E-state index >= 15 is 0 Å². The normalized spacial score (nSPS) is 35.1. The van der Waals surface area contributed by atoms with Gasteiger partial charge in [-0.3, -0.25) is 0 Å². The molecule has 4 atom stereocenters. The summed E-state index contributed by atoms with van der Waals surface area (Å²) >= 11 is 0. The molecular weight excluding hydrogens is 290 g/mol. The van der Waals surface area contributed by atoms with Crippen LogP contribution in [0, 0.1) is 5.92 Å². The van der Waals surface area contributed by atoms with Gasteiger partial charge in [0.2, 0.25) is 0 Å². The summed E-state index contributed by atoms with van der Waals surface area (Å²) in [6.45, 7) is 5.61. The van der Waals surface area contributed by atoms with Crippen molar-refractivity contribution < 1.29 is 14.2 Å². The third-order valence-electron chi connectivity index (χ3n) is 5.79. The molecule has 0 radical (unpaired) electrons. The quantitative estimate of drug-likeness (QED) is 0.813. The Morgan fingerprint density at radius 2 is 1.74 bits per heavy atom. The van der Waals surface area contributed by atoms with Crippen LogP contribution >= 0.6 is 0 Å². The second kappa shape index (κ2) is 9.36. The van der Waals surface area contributed by atoms with Crippen molar-refractivity contribution in [1.29, 1.82) is 0 Å². The van der Waals surface area contributed by atoms with Crippen molar-refractivity contribution in [2.45, 2.75) is 89.1 Å². The third-order valence-corrected chi connectivity index (χ3v) is 5.79. The maximum absolute atomic E-state index is 6.75. The van der Waals surface area contributed by atoms with E-state index in [1.54, 1.807) is 0 Å². The average Bonchev–Trinajstić information content (AvgIpc) is 2.63. The molecule has 1 saturated heterocycles. The first-order valence-corrected chi connectivity index (χ1v) is 9.98. The van der Waals surface area contributed by atoms with Gasteiger partial charge in [-0.05, 0) is 38.5 Å². The first-order valence-electron chi connectivity index (χ1n) is 9.98. The monoisotopic (exact) mass is 325 g/mol. The van der Waals surface area contributed by atoms with Gasteiger partial charge in [-0.25, -0.2) is 0 Å². The van der Waals surface area contributed by atoms with Gasteiger partial charge < -0.3 is 19.5 Å². The van der Waals surface area contributed by atoms with Gasteiger partial charge in [0.05, 0.1) is 31.0 Å². The lowest BCUT2D eigenvalue weighted by Gasteiger charge is -2.42. The zero-order chi connectivity index (χ0) is 15.9. The molecule has 1 N–H and O–H groups in total. The van der Waals surface area contributed by atoms with Crippen LogP contribution in [0.15, 0.2) is 0 Å². The van der Waals surface area contributed by atoms with Crippen LogP contribution in [0.25, 0.3) is 0 Å². The molecule has 2 aliphatic carbocycles. The Kier molecular flexibility index (Phi) is 7.18. The fourth-order valence-corrected chi connectivity index (χ4v) is 4.59. The van der Waals surface area contributed by atoms with Crippen LogP contribution in [0.3, 0.4) is 0 Å². The number of nitrogens with one attached hydrogen (secondary N) is 1. The number of rotatable bonds is 6. The molecular formula is C19H35NO3. The molecule has 0 bridgehead atoms. The molecule has 1 heterocycles. The van der Waals surface area contributed by atoms with E-state index in [0.29, 0.717) is 5.92 Å². The van der Waals surface area contributed by atoms with Gasteiger partial charge in [0.25, 0.3) is 0 Å². The van der Waals surface area contributed by atoms with E-state index < -0.39 is 0 Å². The molecule has 3 rings (SSSR count). The number of hydrogen-bond acceptors (Lipinski definition) is 4. The van der Waals surface area contributed by atoms with E-state index in [-0.39, 0.29) is 24.4 Å². The smallest absolute Gasteiger partial charge is 0.0964 e. The van der Waals surface area contributed by atoms with E-state index in [0.717, 1.165) is 39.1 Å². The molecule has 1 aliphatic heterocycles. The first kappa shape index (κ1) is 17.7. The molecule has 23 heavy (non-hydrogen) atoms. The van der Waals surface area contributed by atoms with Crippen LogP contribution in [0.2, 0.25) is 0 Å². The van der Waals surface area contributed by atoms with Crippen molar-refractivity contribution in [2.24, 2.45) is 5.92 Å². The van der Waals surface area contributed by atoms with Gasteiger partial charge in [0.1, 0.15) is 0 Å². The topological polar surface area (TPSA) is 39.7 Å². The Labute approximate surface area is 141 Å². The predicted molar refractivity (Wildman–Crippen MR) is 91.7 cm³/mol. The molecule has 4 nitrogen and oxygen atoms in total. The molecule has 134 valence electrons. The highest BCUT2D eigenvalue weighted by Crippen LogP contribution is 2.34. The molecule has 3 fully saturated rings. The van der Waals surface area contributed by atoms with Gasteiger partial charge in [-0.1, -0.05) is 32.1 Å². The van der Waals surface area contributed by atoms with E-state index in [1.807, 2.05) is 0 Å². The summed E-state index contributed by atoms with van der Waals surface area (Å²) in [6.07, 6.45) is 12.6. The van der Waals surface area contributed by atoms with Crippen molar-refractivity contribution in [3.05, 3.63) is 0 Å². The fourth-order valence-electron chi connectivity index (χ4n) is 4.59. The summed E-state index contributed by atoms with van der Waals surface area (Å²) in [6, 6.07) is 0. The molecule has 0 spiro atoms. The summed E-state index contributed by atoms with van der Waals surface area (Å²) in [5, 5.41) is 3.49. The Balaban J connectivity index is 1.65. The van der Waals surface area contributed by atoms with Gasteiger partial charge in [-0.2, -0.15) is 0 Å². The van der Waals surface area contributed by atoms with Gasteiger partial charge in [0, 0.05) is 19.7 Å². The van der Waals surface area contributed by atoms with Crippen LogP contribution in [-0.4, -0.2) is 50.7 Å². The lowest BCUT2D eigenvalue weighted by Crippen LogP contribution is -2.52. The highest BCUT2D eigenvalue weighted by Gasteiger charge is 2.37. The minimum atomic E-state index is 0.219. The summed E-state index contributed by atoms with van der Waals surface area (Å²) in [5.74, 6) is 0.665. The predicted octanol–water partition coefficient (Wildman–Crippen LogP) is 3.29. The van der Waals surface area contributed by atoms with E-state index in [4.69, 9.17) is 14.2 Å². The number of hydrogen-bond donors (Lipinski definition) is 1. The lowest BCUT2D eigenvalue weighted by atomic mass is 9.82. The van der Waals surface area contributed by atoms with Crippen molar-refractivity contribution in [2.75, 3.05) is 26.3 Å². The zero-order valence-corrected chi connectivity index (χ0v) is 14.8. The van der Waals surface area contributed by atoms with Crippen LogP contribution < -0.4 is 5.32 Å². The minimum absolute atomic E-state index is 0.219. The third kappa shape index (κ3) is 4.91. The van der Waals surface area contributed by atoms with Crippen molar-refractivity contribution in [3.8, 4) is 0 Å². The molecule has 0 aromatic rings. The van der Waals surface area contributed by atoms with E-state index in [9.17, 15) is 0 Å². The van der Waals surface area contributed by atoms with Gasteiger partial charge in [0.15, 0.2) is 0 Å². The number of morpholine rings is 1. The van der Waals surface area contributed by atoms with Gasteiger partial charge in [-0.15, -0.1) is 0 Å². The maximum Gasteiger partial charge on any atom is 0.0964 e. The largest absolute Gasteiger partial charge is 0.376 e. The fraction of sp³-hybridized carbons (Fsp3) is 1.00. The van der Waals surface area contributed by atoms with Crippen molar-refractivity contribution in [1.82, 2.24) is 5.32 Å². The maximum atomic E-state index is 6.75. The van der Waals surface area contributed by atoms with E-state index in [1.165, 1.54) is 44.9 Å². The average molecular weight is 325 g/mol. The van der Waals surface area contributed by atoms with Crippen LogP contribution in [0.4, 0.5) is 0 Å². The summed E-state index contributed by atoms with van der Waals surface area (Å²) in [7, 11) is 0. The summed E-state index contributed by atoms with van der Waals surface area (Å²) in [5.41, 5.74) is 0. The Bertz CT molecular complexity index is 307. The zero-order valence-electron chi connectivity index (χ0n) is 14.8. The summed E-state index contributed by atoms with van der Waals surface area (Å²) in [4.78, 5) is 0. The standard InChI is InChI=1S/C19H35NO3/c1-2-21-16-10-6-7-11-17(16)23-19(15-8-4-3-5-9-15)18-14-20-12-13-22-18/h15-20H,2-14H2,1H3/t16?,17?,18-,19-/m1/s1. The highest BCUT2D eigenvalue weighted by atomic mass is 16.6. The van der Waals surface area contributed by atoms with Crippen LogP contribution in [-0.2, 0) is 14.2 Å². The van der Waals surface area contributed by atoms with E-state index in [2.05, 4.69) is 12.2 Å². The Hall–Kier alpha value is -0.160. The molecule has 0 amide bonds. The molecule has 2 unspecified atom stereocenters. The molecule has 3 aliphatic rings. The molecule has 2 saturated carbocycles. The Morgan fingerprint density at radius 1 is 1.00 bits per heavy atom. The van der Waals surface area contributed by atoms with Gasteiger partial charge >= 0.3 is 0 Å². The minimum Gasteiger partial charge on any atom is -0.376 e. The second-order valence-electron chi connectivity index (χ2n) is 7.43. The summed E-state index contributed by atoms with van der Waals surface area (Å²) < 4.78 is 18.8. The number of ether oxygens (including phenoxy) is 3. The molecule has 4 heteroatoms.